The van der Waals surface area contributed by atoms with Crippen molar-refractivity contribution in [3.63, 3.8) is 0 Å². The zero-order chi connectivity index (χ0) is 14.2. The molecule has 0 aromatic heterocycles. The number of aliphatic hydroxyl groups is 4. The first-order valence-corrected chi connectivity index (χ1v) is 5.78. The summed E-state index contributed by atoms with van der Waals surface area (Å²) < 4.78 is 5.27. The van der Waals surface area contributed by atoms with Gasteiger partial charge in [-0.1, -0.05) is 12.1 Å². The van der Waals surface area contributed by atoms with Crippen LogP contribution in [0.1, 0.15) is 11.7 Å². The molecule has 0 radical (unpaired) electrons. The van der Waals surface area contributed by atoms with Crippen LogP contribution < -0.4 is 0 Å². The number of phenols is 2. The standard InChI is InChI=1S/C12H16O7/c13-4-7-9(16)10(17)11(18)12(19-7)5-2-1-3-6(14)8(5)15/h1-3,7,9-18H,4H2/t7-,9-,10+,11-,12?/m1/s1. The predicted molar refractivity (Wildman–Crippen MR) is 62.5 cm³/mol. The molecule has 5 atom stereocenters. The molecular formula is C12H16O7. The Balaban J connectivity index is 2.35. The van der Waals surface area contributed by atoms with Crippen LogP contribution in [-0.4, -0.2) is 61.7 Å². The molecule has 0 amide bonds. The van der Waals surface area contributed by atoms with Crippen molar-refractivity contribution in [3.05, 3.63) is 23.8 Å². The molecule has 2 rings (SSSR count). The van der Waals surface area contributed by atoms with Crippen LogP contribution in [0.5, 0.6) is 11.5 Å². The van der Waals surface area contributed by atoms with Crippen molar-refractivity contribution >= 4 is 0 Å². The van der Waals surface area contributed by atoms with E-state index in [-0.39, 0.29) is 5.56 Å². The second kappa shape index (κ2) is 5.32. The van der Waals surface area contributed by atoms with Crippen molar-refractivity contribution in [2.24, 2.45) is 0 Å². The number of hydrogen-bond acceptors (Lipinski definition) is 7. The fourth-order valence-corrected chi connectivity index (χ4v) is 2.14. The molecule has 106 valence electrons. The number of phenolic OH excluding ortho intramolecular Hbond substituents is 2. The van der Waals surface area contributed by atoms with Gasteiger partial charge < -0.3 is 35.4 Å². The van der Waals surface area contributed by atoms with Gasteiger partial charge in [0.2, 0.25) is 0 Å². The maximum absolute atomic E-state index is 9.88. The van der Waals surface area contributed by atoms with Gasteiger partial charge in [-0.05, 0) is 6.07 Å². The molecule has 7 heteroatoms. The van der Waals surface area contributed by atoms with Gasteiger partial charge in [0.1, 0.15) is 30.5 Å². The van der Waals surface area contributed by atoms with Crippen LogP contribution in [0.3, 0.4) is 0 Å². The molecule has 0 aliphatic carbocycles. The Morgan fingerprint density at radius 2 is 1.68 bits per heavy atom. The number of hydrogen-bond donors (Lipinski definition) is 6. The van der Waals surface area contributed by atoms with E-state index in [0.717, 1.165) is 0 Å². The Hall–Kier alpha value is -1.38. The third-order valence-corrected chi connectivity index (χ3v) is 3.24. The quantitative estimate of drug-likeness (QED) is 0.365. The van der Waals surface area contributed by atoms with E-state index >= 15 is 0 Å². The Kier molecular flexibility index (Phi) is 3.93. The summed E-state index contributed by atoms with van der Waals surface area (Å²) in [7, 11) is 0. The van der Waals surface area contributed by atoms with E-state index in [1.54, 1.807) is 0 Å². The maximum atomic E-state index is 9.88. The lowest BCUT2D eigenvalue weighted by Gasteiger charge is -2.40. The molecule has 1 aliphatic rings. The zero-order valence-corrected chi connectivity index (χ0v) is 9.92. The van der Waals surface area contributed by atoms with Crippen molar-refractivity contribution in [2.45, 2.75) is 30.5 Å². The molecule has 1 fully saturated rings. The van der Waals surface area contributed by atoms with Crippen molar-refractivity contribution in [2.75, 3.05) is 6.61 Å². The van der Waals surface area contributed by atoms with Crippen LogP contribution in [0.2, 0.25) is 0 Å². The molecule has 0 bridgehead atoms. The molecule has 0 spiro atoms. The van der Waals surface area contributed by atoms with Gasteiger partial charge in [0.05, 0.1) is 6.61 Å². The first-order valence-electron chi connectivity index (χ1n) is 5.78. The first-order chi connectivity index (χ1) is 8.97. The number of benzene rings is 1. The van der Waals surface area contributed by atoms with E-state index in [4.69, 9.17) is 9.84 Å². The van der Waals surface area contributed by atoms with Gasteiger partial charge in [0.25, 0.3) is 0 Å². The van der Waals surface area contributed by atoms with Crippen molar-refractivity contribution in [1.29, 1.82) is 0 Å². The van der Waals surface area contributed by atoms with Crippen LogP contribution in [0.4, 0.5) is 0 Å². The largest absolute Gasteiger partial charge is 0.504 e. The predicted octanol–water partition coefficient (Wildman–Crippen LogP) is -1.39. The minimum Gasteiger partial charge on any atom is -0.504 e. The van der Waals surface area contributed by atoms with Crippen LogP contribution in [0.25, 0.3) is 0 Å². The molecule has 1 unspecified atom stereocenters. The van der Waals surface area contributed by atoms with Crippen molar-refractivity contribution in [3.8, 4) is 11.5 Å². The highest BCUT2D eigenvalue weighted by atomic mass is 16.5. The fourth-order valence-electron chi connectivity index (χ4n) is 2.14. The highest BCUT2D eigenvalue weighted by molar-refractivity contribution is 5.46. The van der Waals surface area contributed by atoms with E-state index in [1.807, 2.05) is 0 Å². The highest BCUT2D eigenvalue weighted by Gasteiger charge is 2.44. The highest BCUT2D eigenvalue weighted by Crippen LogP contribution is 2.39. The molecule has 7 nitrogen and oxygen atoms in total. The Labute approximate surface area is 108 Å². The molecular weight excluding hydrogens is 256 g/mol. The van der Waals surface area contributed by atoms with Crippen LogP contribution in [0.15, 0.2) is 18.2 Å². The average Bonchev–Trinajstić information content (AvgIpc) is 2.40. The fraction of sp³-hybridized carbons (Fsp3) is 0.500. The lowest BCUT2D eigenvalue weighted by Crippen LogP contribution is -2.55. The number of aromatic hydroxyl groups is 2. The molecule has 6 N–H and O–H groups in total. The smallest absolute Gasteiger partial charge is 0.163 e. The van der Waals surface area contributed by atoms with E-state index in [2.05, 4.69) is 0 Å². The Bertz CT molecular complexity index is 448. The summed E-state index contributed by atoms with van der Waals surface area (Å²) in [6.45, 7) is -0.555. The first kappa shape index (κ1) is 14.0. The second-order valence-electron chi connectivity index (χ2n) is 4.46. The summed E-state index contributed by atoms with van der Waals surface area (Å²) >= 11 is 0. The molecule has 1 heterocycles. The maximum Gasteiger partial charge on any atom is 0.163 e. The van der Waals surface area contributed by atoms with Gasteiger partial charge in [0.15, 0.2) is 11.5 Å². The third kappa shape index (κ3) is 2.38. The van der Waals surface area contributed by atoms with Crippen molar-refractivity contribution < 1.29 is 35.4 Å². The summed E-state index contributed by atoms with van der Waals surface area (Å²) in [6.07, 6.45) is -6.72. The molecule has 19 heavy (non-hydrogen) atoms. The van der Waals surface area contributed by atoms with Gasteiger partial charge in [-0.2, -0.15) is 0 Å². The van der Waals surface area contributed by atoms with Crippen LogP contribution in [-0.2, 0) is 4.74 Å². The van der Waals surface area contributed by atoms with Gasteiger partial charge in [-0.3, -0.25) is 0 Å². The lowest BCUT2D eigenvalue weighted by atomic mass is 9.91. The summed E-state index contributed by atoms with van der Waals surface area (Å²) in [6, 6.07) is 4.09. The van der Waals surface area contributed by atoms with Crippen molar-refractivity contribution in [1.82, 2.24) is 0 Å². The SMILES string of the molecule is OC[C@H]1OC(c2cccc(O)c2O)[C@H](O)[C@@H](O)[C@@H]1O. The molecule has 1 saturated heterocycles. The summed E-state index contributed by atoms with van der Waals surface area (Å²) in [5, 5.41) is 57.4. The lowest BCUT2D eigenvalue weighted by molar-refractivity contribution is -0.232. The number of para-hydroxylation sites is 1. The number of aliphatic hydroxyl groups excluding tert-OH is 4. The Morgan fingerprint density at radius 1 is 1.00 bits per heavy atom. The summed E-state index contributed by atoms with van der Waals surface area (Å²) in [4.78, 5) is 0. The monoisotopic (exact) mass is 272 g/mol. The van der Waals surface area contributed by atoms with Gasteiger partial charge in [-0.15, -0.1) is 0 Å². The number of rotatable bonds is 2. The Morgan fingerprint density at radius 3 is 2.32 bits per heavy atom. The normalized spacial score (nSPS) is 35.3. The molecule has 1 aliphatic heterocycles. The zero-order valence-electron chi connectivity index (χ0n) is 9.92. The minimum atomic E-state index is -1.53. The molecule has 1 aromatic rings. The van der Waals surface area contributed by atoms with Gasteiger partial charge in [-0.25, -0.2) is 0 Å². The summed E-state index contributed by atoms with van der Waals surface area (Å²) in [5.41, 5.74) is 0.0666. The van der Waals surface area contributed by atoms with E-state index in [1.165, 1.54) is 18.2 Å². The molecule has 0 saturated carbocycles. The average molecular weight is 272 g/mol. The molecule has 1 aromatic carbocycles. The minimum absolute atomic E-state index is 0.0666. The third-order valence-electron chi connectivity index (χ3n) is 3.24. The van der Waals surface area contributed by atoms with Gasteiger partial charge >= 0.3 is 0 Å². The van der Waals surface area contributed by atoms with E-state index in [9.17, 15) is 25.5 Å². The second-order valence-corrected chi connectivity index (χ2v) is 4.46. The number of ether oxygens (including phenoxy) is 1. The van der Waals surface area contributed by atoms with Crippen LogP contribution >= 0.6 is 0 Å². The van der Waals surface area contributed by atoms with E-state index in [0.29, 0.717) is 0 Å². The topological polar surface area (TPSA) is 131 Å². The van der Waals surface area contributed by atoms with Crippen LogP contribution in [0, 0.1) is 0 Å². The van der Waals surface area contributed by atoms with E-state index < -0.39 is 48.6 Å². The van der Waals surface area contributed by atoms with Gasteiger partial charge in [0, 0.05) is 5.56 Å². The summed E-state index contributed by atoms with van der Waals surface area (Å²) in [5.74, 6) is -0.874.